The molecule has 0 heterocycles. The second-order valence-electron chi connectivity index (χ2n) is 3.01. The predicted octanol–water partition coefficient (Wildman–Crippen LogP) is 0.935. The molecule has 0 aliphatic rings. The van der Waals surface area contributed by atoms with E-state index in [1.54, 1.807) is 14.2 Å². The molecule has 1 atom stereocenters. The summed E-state index contributed by atoms with van der Waals surface area (Å²) in [4.78, 5) is 10.5. The lowest BCUT2D eigenvalue weighted by molar-refractivity contribution is 0.414. The summed E-state index contributed by atoms with van der Waals surface area (Å²) < 4.78 is 5.03. The minimum Gasteiger partial charge on any atom is -0.497 e. The Balaban J connectivity index is 2.63. The summed E-state index contributed by atoms with van der Waals surface area (Å²) in [6.07, 6.45) is 2.59. The first-order valence-electron chi connectivity index (χ1n) is 4.48. The molecule has 0 aliphatic heterocycles. The Hall–Kier alpha value is -1.35. The monoisotopic (exact) mass is 192 g/mol. The van der Waals surface area contributed by atoms with Gasteiger partial charge in [-0.1, -0.05) is 12.1 Å². The van der Waals surface area contributed by atoms with Crippen molar-refractivity contribution < 1.29 is 9.53 Å². The summed E-state index contributed by atoms with van der Waals surface area (Å²) in [5.74, 6) is 0.824. The van der Waals surface area contributed by atoms with Crippen LogP contribution in [0, 0.1) is 0 Å². The third-order valence-corrected chi connectivity index (χ3v) is 2.09. The molecule has 0 aromatic heterocycles. The summed E-state index contributed by atoms with van der Waals surface area (Å²) in [5, 5.41) is 2.87. The second-order valence-corrected chi connectivity index (χ2v) is 3.01. The van der Waals surface area contributed by atoms with Crippen molar-refractivity contribution in [2.75, 3.05) is 14.2 Å². The van der Waals surface area contributed by atoms with Crippen molar-refractivity contribution >= 4 is 6.29 Å². The number of methoxy groups -OCH3 is 1. The molecule has 0 saturated carbocycles. The van der Waals surface area contributed by atoms with Crippen LogP contribution in [0.5, 0.6) is 5.75 Å². The average Bonchev–Trinajstić information content (AvgIpc) is 2.26. The number of rotatable bonds is 5. The predicted molar refractivity (Wildman–Crippen MR) is 55.2 cm³/mol. The van der Waals surface area contributed by atoms with E-state index in [0.717, 1.165) is 11.3 Å². The molecule has 1 radical (unpaired) electrons. The Labute approximate surface area is 84.1 Å². The Morgan fingerprint density at radius 3 is 2.50 bits per heavy atom. The van der Waals surface area contributed by atoms with Crippen molar-refractivity contribution in [3.8, 4) is 5.75 Å². The number of nitrogens with one attached hydrogen (secondary N) is 1. The number of carbonyl (C=O) groups excluding carboxylic acids is 1. The minimum absolute atomic E-state index is 0.233. The van der Waals surface area contributed by atoms with E-state index < -0.39 is 0 Å². The molecule has 0 spiro atoms. The van der Waals surface area contributed by atoms with Gasteiger partial charge < -0.3 is 10.1 Å². The fourth-order valence-electron chi connectivity index (χ4n) is 1.20. The molecule has 3 heteroatoms. The highest BCUT2D eigenvalue weighted by Crippen LogP contribution is 2.12. The van der Waals surface area contributed by atoms with Crippen LogP contribution in [-0.2, 0) is 11.2 Å². The maximum Gasteiger partial charge on any atom is 0.217 e. The van der Waals surface area contributed by atoms with Gasteiger partial charge in [-0.25, -0.2) is 0 Å². The van der Waals surface area contributed by atoms with Gasteiger partial charge in [0.15, 0.2) is 0 Å². The fraction of sp³-hybridized carbons (Fsp3) is 0.364. The van der Waals surface area contributed by atoms with E-state index in [2.05, 4.69) is 5.32 Å². The Bertz CT molecular complexity index is 282. The van der Waals surface area contributed by atoms with Crippen LogP contribution >= 0.6 is 0 Å². The average molecular weight is 192 g/mol. The van der Waals surface area contributed by atoms with Crippen molar-refractivity contribution in [1.82, 2.24) is 5.32 Å². The highest BCUT2D eigenvalue weighted by Gasteiger charge is 2.05. The van der Waals surface area contributed by atoms with E-state index in [4.69, 9.17) is 4.74 Å². The first kappa shape index (κ1) is 10.7. The number of benzene rings is 1. The van der Waals surface area contributed by atoms with Crippen molar-refractivity contribution in [2.24, 2.45) is 0 Å². The molecule has 1 rings (SSSR count). The minimum atomic E-state index is -0.233. The normalized spacial score (nSPS) is 12.1. The number of hydrogen-bond donors (Lipinski definition) is 1. The maximum atomic E-state index is 10.5. The molecule has 1 aromatic rings. The zero-order valence-electron chi connectivity index (χ0n) is 8.41. The summed E-state index contributed by atoms with van der Waals surface area (Å²) in [6, 6.07) is 7.42. The van der Waals surface area contributed by atoms with E-state index in [9.17, 15) is 4.79 Å². The molecule has 1 N–H and O–H groups in total. The molecule has 14 heavy (non-hydrogen) atoms. The van der Waals surface area contributed by atoms with Crippen LogP contribution in [0.4, 0.5) is 0 Å². The Morgan fingerprint density at radius 1 is 1.43 bits per heavy atom. The first-order valence-corrected chi connectivity index (χ1v) is 4.48. The zero-order valence-corrected chi connectivity index (χ0v) is 8.41. The van der Waals surface area contributed by atoms with E-state index in [-0.39, 0.29) is 6.04 Å². The molecule has 0 unspecified atom stereocenters. The molecule has 75 valence electrons. The summed E-state index contributed by atoms with van der Waals surface area (Å²) >= 11 is 0. The first-order chi connectivity index (χ1) is 6.80. The van der Waals surface area contributed by atoms with Gasteiger partial charge in [-0.3, -0.25) is 4.79 Å². The number of ether oxygens (including phenoxy) is 1. The molecule has 3 nitrogen and oxygen atoms in total. The van der Waals surface area contributed by atoms with E-state index >= 15 is 0 Å². The zero-order chi connectivity index (χ0) is 10.4. The molecule has 0 saturated heterocycles. The molecule has 0 fully saturated rings. The van der Waals surface area contributed by atoms with Crippen LogP contribution in [-0.4, -0.2) is 26.5 Å². The highest BCUT2D eigenvalue weighted by atomic mass is 16.5. The van der Waals surface area contributed by atoms with Crippen LogP contribution < -0.4 is 10.1 Å². The highest BCUT2D eigenvalue weighted by molar-refractivity contribution is 5.59. The van der Waals surface area contributed by atoms with Gasteiger partial charge in [-0.2, -0.15) is 0 Å². The van der Waals surface area contributed by atoms with E-state index in [0.29, 0.717) is 6.42 Å². The van der Waals surface area contributed by atoms with Gasteiger partial charge >= 0.3 is 0 Å². The van der Waals surface area contributed by atoms with Crippen molar-refractivity contribution in [1.29, 1.82) is 0 Å². The quantitative estimate of drug-likeness (QED) is 0.754. The summed E-state index contributed by atoms with van der Waals surface area (Å²) in [6.45, 7) is 0. The lowest BCUT2D eigenvalue weighted by atomic mass is 10.1. The molecular formula is C11H14NO2. The number of hydrogen-bond acceptors (Lipinski definition) is 3. The van der Waals surface area contributed by atoms with Gasteiger partial charge in [0.2, 0.25) is 6.29 Å². The lowest BCUT2D eigenvalue weighted by Crippen LogP contribution is -2.28. The lowest BCUT2D eigenvalue weighted by Gasteiger charge is -2.08. The van der Waals surface area contributed by atoms with Gasteiger partial charge in [0.05, 0.1) is 13.2 Å². The van der Waals surface area contributed by atoms with E-state index in [1.807, 2.05) is 30.6 Å². The van der Waals surface area contributed by atoms with Crippen LogP contribution in [0.2, 0.25) is 0 Å². The van der Waals surface area contributed by atoms with Crippen molar-refractivity contribution in [3.63, 3.8) is 0 Å². The van der Waals surface area contributed by atoms with Gasteiger partial charge in [0.1, 0.15) is 5.75 Å². The third kappa shape index (κ3) is 2.85. The smallest absolute Gasteiger partial charge is 0.217 e. The van der Waals surface area contributed by atoms with Crippen LogP contribution in [0.25, 0.3) is 0 Å². The summed E-state index contributed by atoms with van der Waals surface area (Å²) in [7, 11) is 3.38. The number of likely N-dealkylation sites (N-methyl/N-ethyl adjacent to an activating group) is 1. The van der Waals surface area contributed by atoms with Crippen molar-refractivity contribution in [3.05, 3.63) is 29.8 Å². The molecule has 0 amide bonds. The van der Waals surface area contributed by atoms with Gasteiger partial charge in [-0.15, -0.1) is 0 Å². The topological polar surface area (TPSA) is 38.3 Å². The molecular weight excluding hydrogens is 178 g/mol. The Kier molecular flexibility index (Phi) is 4.13. The van der Waals surface area contributed by atoms with Gasteiger partial charge in [-0.05, 0) is 31.2 Å². The largest absolute Gasteiger partial charge is 0.497 e. The van der Waals surface area contributed by atoms with Gasteiger partial charge in [0.25, 0.3) is 0 Å². The van der Waals surface area contributed by atoms with Crippen molar-refractivity contribution in [2.45, 2.75) is 12.5 Å². The summed E-state index contributed by atoms with van der Waals surface area (Å²) in [5.41, 5.74) is 1.09. The Morgan fingerprint density at radius 2 is 2.07 bits per heavy atom. The van der Waals surface area contributed by atoms with E-state index in [1.165, 1.54) is 0 Å². The SMILES string of the molecule is CN[C@@H]([C]=O)Cc1ccc(OC)cc1. The molecule has 1 aromatic carbocycles. The maximum absolute atomic E-state index is 10.5. The standard InChI is InChI=1S/C11H14NO2/c1-12-10(8-13)7-9-3-5-11(14-2)6-4-9/h3-6,10,12H,7H2,1-2H3/t10-/m1/s1. The van der Waals surface area contributed by atoms with Crippen LogP contribution in [0.1, 0.15) is 5.56 Å². The van der Waals surface area contributed by atoms with Gasteiger partial charge in [0, 0.05) is 0 Å². The molecule has 0 bridgehead atoms. The fourth-order valence-corrected chi connectivity index (χ4v) is 1.20. The van der Waals surface area contributed by atoms with Crippen LogP contribution in [0.3, 0.4) is 0 Å². The molecule has 0 aliphatic carbocycles. The second kappa shape index (κ2) is 5.40. The third-order valence-electron chi connectivity index (χ3n) is 2.09. The van der Waals surface area contributed by atoms with Crippen LogP contribution in [0.15, 0.2) is 24.3 Å².